The van der Waals surface area contributed by atoms with Gasteiger partial charge in [-0.05, 0) is 44.5 Å². The highest BCUT2D eigenvalue weighted by molar-refractivity contribution is 6.33. The number of anilines is 2. The maximum Gasteiger partial charge on any atom is 0.229 e. The van der Waals surface area contributed by atoms with Crippen LogP contribution in [0.15, 0.2) is 30.3 Å². The number of aromatic nitrogens is 1. The van der Waals surface area contributed by atoms with Crippen LogP contribution in [0.25, 0.3) is 0 Å². The lowest BCUT2D eigenvalue weighted by molar-refractivity contribution is -0.122. The Bertz CT molecular complexity index is 827. The van der Waals surface area contributed by atoms with Gasteiger partial charge in [0.2, 0.25) is 11.8 Å². The van der Waals surface area contributed by atoms with E-state index in [9.17, 15) is 9.59 Å². The first-order valence-corrected chi connectivity index (χ1v) is 8.55. The number of para-hydroxylation sites is 1. The average molecular weight is 358 g/mol. The Morgan fingerprint density at radius 1 is 1.28 bits per heavy atom. The fourth-order valence-corrected chi connectivity index (χ4v) is 3.46. The Morgan fingerprint density at radius 3 is 2.68 bits per heavy atom. The van der Waals surface area contributed by atoms with E-state index in [-0.39, 0.29) is 18.2 Å². The van der Waals surface area contributed by atoms with E-state index in [0.29, 0.717) is 17.3 Å². The summed E-state index contributed by atoms with van der Waals surface area (Å²) < 4.78 is 0. The minimum Gasteiger partial charge on any atom is -0.324 e. The van der Waals surface area contributed by atoms with Crippen molar-refractivity contribution in [1.29, 1.82) is 0 Å². The molecule has 0 saturated carbocycles. The molecule has 130 valence electrons. The summed E-state index contributed by atoms with van der Waals surface area (Å²) in [5.41, 5.74) is 4.02. The molecule has 1 aromatic carbocycles. The molecule has 1 saturated heterocycles. The second kappa shape index (κ2) is 6.84. The van der Waals surface area contributed by atoms with Crippen LogP contribution in [-0.2, 0) is 9.59 Å². The standard InChI is InChI=1S/C19H20ClN3O2/c1-11-8-12(2)21-13(3)18(11)22-19(25)14-9-17(24)23(10-14)16-7-5-4-6-15(16)20/h4-8,14H,9-10H2,1-3H3,(H,22,25). The highest BCUT2D eigenvalue weighted by atomic mass is 35.5. The highest BCUT2D eigenvalue weighted by Crippen LogP contribution is 2.31. The molecule has 0 bridgehead atoms. The van der Waals surface area contributed by atoms with Crippen LogP contribution in [0.3, 0.4) is 0 Å². The molecule has 1 fully saturated rings. The molecule has 0 aliphatic carbocycles. The van der Waals surface area contributed by atoms with Gasteiger partial charge in [-0.25, -0.2) is 0 Å². The van der Waals surface area contributed by atoms with Crippen LogP contribution in [0.5, 0.6) is 0 Å². The van der Waals surface area contributed by atoms with Crippen LogP contribution in [0.2, 0.25) is 5.02 Å². The van der Waals surface area contributed by atoms with Gasteiger partial charge in [-0.15, -0.1) is 0 Å². The molecule has 1 unspecified atom stereocenters. The first kappa shape index (κ1) is 17.4. The van der Waals surface area contributed by atoms with Crippen LogP contribution < -0.4 is 10.2 Å². The monoisotopic (exact) mass is 357 g/mol. The summed E-state index contributed by atoms with van der Waals surface area (Å²) in [7, 11) is 0. The van der Waals surface area contributed by atoms with E-state index in [1.165, 1.54) is 0 Å². The van der Waals surface area contributed by atoms with Gasteiger partial charge in [0, 0.05) is 18.7 Å². The van der Waals surface area contributed by atoms with Crippen LogP contribution in [0, 0.1) is 26.7 Å². The summed E-state index contributed by atoms with van der Waals surface area (Å²) in [6, 6.07) is 9.10. The first-order valence-electron chi connectivity index (χ1n) is 8.17. The zero-order valence-electron chi connectivity index (χ0n) is 14.5. The summed E-state index contributed by atoms with van der Waals surface area (Å²) in [4.78, 5) is 31.0. The maximum atomic E-state index is 12.7. The number of benzene rings is 1. The van der Waals surface area contributed by atoms with Crippen molar-refractivity contribution in [3.63, 3.8) is 0 Å². The third-order valence-electron chi connectivity index (χ3n) is 4.41. The number of carbonyl (C=O) groups is 2. The minimum absolute atomic E-state index is 0.0938. The number of aryl methyl sites for hydroxylation is 3. The third kappa shape index (κ3) is 3.51. The van der Waals surface area contributed by atoms with E-state index in [4.69, 9.17) is 11.6 Å². The molecule has 25 heavy (non-hydrogen) atoms. The SMILES string of the molecule is Cc1cc(C)c(NC(=O)C2CC(=O)N(c3ccccc3Cl)C2)c(C)n1. The largest absolute Gasteiger partial charge is 0.324 e. The zero-order chi connectivity index (χ0) is 18.1. The molecule has 1 atom stereocenters. The number of hydrogen-bond acceptors (Lipinski definition) is 3. The van der Waals surface area contributed by atoms with E-state index >= 15 is 0 Å². The average Bonchev–Trinajstić information content (AvgIpc) is 2.93. The van der Waals surface area contributed by atoms with Crippen molar-refractivity contribution in [3.05, 3.63) is 52.3 Å². The quantitative estimate of drug-likeness (QED) is 0.912. The maximum absolute atomic E-state index is 12.7. The van der Waals surface area contributed by atoms with Gasteiger partial charge in [0.25, 0.3) is 0 Å². The van der Waals surface area contributed by atoms with Gasteiger partial charge >= 0.3 is 0 Å². The first-order chi connectivity index (χ1) is 11.9. The van der Waals surface area contributed by atoms with Crippen molar-refractivity contribution in [2.24, 2.45) is 5.92 Å². The number of carbonyl (C=O) groups excluding carboxylic acids is 2. The van der Waals surface area contributed by atoms with Gasteiger partial charge in [0.05, 0.1) is 28.0 Å². The molecule has 1 N–H and O–H groups in total. The van der Waals surface area contributed by atoms with Crippen molar-refractivity contribution >= 4 is 34.8 Å². The molecule has 1 aliphatic heterocycles. The Balaban J connectivity index is 1.77. The molecule has 2 amide bonds. The second-order valence-corrected chi connectivity index (χ2v) is 6.79. The van der Waals surface area contributed by atoms with Gasteiger partial charge in [0.15, 0.2) is 0 Å². The Kier molecular flexibility index (Phi) is 4.77. The number of halogens is 1. The molecule has 5 nitrogen and oxygen atoms in total. The zero-order valence-corrected chi connectivity index (χ0v) is 15.2. The van der Waals surface area contributed by atoms with Crippen LogP contribution in [0.4, 0.5) is 11.4 Å². The van der Waals surface area contributed by atoms with Crippen LogP contribution >= 0.6 is 11.6 Å². The van der Waals surface area contributed by atoms with Gasteiger partial charge in [-0.2, -0.15) is 0 Å². The van der Waals surface area contributed by atoms with Gasteiger partial charge < -0.3 is 10.2 Å². The molecule has 1 aromatic heterocycles. The number of nitrogens with one attached hydrogen (secondary N) is 1. The number of pyridine rings is 1. The summed E-state index contributed by atoms with van der Waals surface area (Å²) in [5.74, 6) is -0.674. The number of amides is 2. The topological polar surface area (TPSA) is 62.3 Å². The van der Waals surface area contributed by atoms with Crippen molar-refractivity contribution in [2.75, 3.05) is 16.8 Å². The molecule has 3 rings (SSSR count). The summed E-state index contributed by atoms with van der Waals surface area (Å²) >= 11 is 6.18. The molecule has 1 aliphatic rings. The molecular formula is C19H20ClN3O2. The normalized spacial score (nSPS) is 17.0. The van der Waals surface area contributed by atoms with Gasteiger partial charge in [-0.3, -0.25) is 14.6 Å². The fourth-order valence-electron chi connectivity index (χ4n) is 3.22. The molecule has 2 heterocycles. The minimum atomic E-state index is -0.413. The van der Waals surface area contributed by atoms with E-state index < -0.39 is 5.92 Å². The summed E-state index contributed by atoms with van der Waals surface area (Å²) in [6.07, 6.45) is 0.175. The lowest BCUT2D eigenvalue weighted by Crippen LogP contribution is -2.28. The van der Waals surface area contributed by atoms with Crippen molar-refractivity contribution in [2.45, 2.75) is 27.2 Å². The lowest BCUT2D eigenvalue weighted by atomic mass is 10.1. The van der Waals surface area contributed by atoms with E-state index in [1.54, 1.807) is 17.0 Å². The Hall–Kier alpha value is -2.40. The van der Waals surface area contributed by atoms with E-state index in [2.05, 4.69) is 10.3 Å². The van der Waals surface area contributed by atoms with E-state index in [0.717, 1.165) is 22.6 Å². The predicted octanol–water partition coefficient (Wildman–Crippen LogP) is 3.65. The van der Waals surface area contributed by atoms with Crippen molar-refractivity contribution < 1.29 is 9.59 Å². The van der Waals surface area contributed by atoms with Crippen LogP contribution in [0.1, 0.15) is 23.4 Å². The number of hydrogen-bond donors (Lipinski definition) is 1. The highest BCUT2D eigenvalue weighted by Gasteiger charge is 2.36. The molecule has 0 spiro atoms. The number of nitrogens with zero attached hydrogens (tertiary/aromatic N) is 2. The van der Waals surface area contributed by atoms with E-state index in [1.807, 2.05) is 39.0 Å². The number of rotatable bonds is 3. The predicted molar refractivity (Wildman–Crippen MR) is 99.0 cm³/mol. The lowest BCUT2D eigenvalue weighted by Gasteiger charge is -2.18. The Morgan fingerprint density at radius 2 is 2.00 bits per heavy atom. The fraction of sp³-hybridized carbons (Fsp3) is 0.316. The van der Waals surface area contributed by atoms with Crippen LogP contribution in [-0.4, -0.2) is 23.3 Å². The smallest absolute Gasteiger partial charge is 0.229 e. The third-order valence-corrected chi connectivity index (χ3v) is 4.73. The summed E-state index contributed by atoms with van der Waals surface area (Å²) in [6.45, 7) is 6.05. The molecule has 0 radical (unpaired) electrons. The van der Waals surface area contributed by atoms with Gasteiger partial charge in [-0.1, -0.05) is 23.7 Å². The second-order valence-electron chi connectivity index (χ2n) is 6.39. The molecule has 6 heteroatoms. The van der Waals surface area contributed by atoms with Crippen molar-refractivity contribution in [1.82, 2.24) is 4.98 Å². The van der Waals surface area contributed by atoms with Gasteiger partial charge in [0.1, 0.15) is 0 Å². The Labute approximate surface area is 152 Å². The molecular weight excluding hydrogens is 338 g/mol. The van der Waals surface area contributed by atoms with Crippen molar-refractivity contribution in [3.8, 4) is 0 Å². The summed E-state index contributed by atoms with van der Waals surface area (Å²) in [5, 5.41) is 3.45. The molecule has 2 aromatic rings.